The zero-order valence-electron chi connectivity index (χ0n) is 16.9. The second kappa shape index (κ2) is 8.43. The van der Waals surface area contributed by atoms with Crippen molar-refractivity contribution in [1.29, 1.82) is 0 Å². The summed E-state index contributed by atoms with van der Waals surface area (Å²) in [6, 6.07) is 6.79. The lowest BCUT2D eigenvalue weighted by Gasteiger charge is -2.34. The summed E-state index contributed by atoms with van der Waals surface area (Å²) in [4.78, 5) is 40.9. The van der Waals surface area contributed by atoms with Gasteiger partial charge >= 0.3 is 0 Å². The van der Waals surface area contributed by atoms with E-state index in [0.29, 0.717) is 36.7 Å². The number of hydrogen-bond donors (Lipinski definition) is 1. The van der Waals surface area contributed by atoms with Crippen LogP contribution in [0.5, 0.6) is 5.75 Å². The van der Waals surface area contributed by atoms with Crippen LogP contribution < -0.4 is 10.1 Å². The fourth-order valence-electron chi connectivity index (χ4n) is 4.21. The number of nitrogens with zero attached hydrogens (tertiary/aromatic N) is 2. The van der Waals surface area contributed by atoms with Gasteiger partial charge in [-0.2, -0.15) is 0 Å². The van der Waals surface area contributed by atoms with Crippen molar-refractivity contribution in [2.75, 3.05) is 26.2 Å². The van der Waals surface area contributed by atoms with Crippen LogP contribution in [0, 0.1) is 5.92 Å². The quantitative estimate of drug-likeness (QED) is 0.819. The molecule has 7 nitrogen and oxygen atoms in total. The smallest absolute Gasteiger partial charge is 0.254 e. The molecule has 7 heteroatoms. The number of piperidine rings is 1. The Morgan fingerprint density at radius 2 is 1.90 bits per heavy atom. The SMILES string of the molecule is CCC1C(=O)NCCN1C(=O)c1cccc(OC2CCN(C(=O)C3CC3)CC2)c1. The summed E-state index contributed by atoms with van der Waals surface area (Å²) in [6.07, 6.45) is 4.32. The number of hydrogen-bond acceptors (Lipinski definition) is 4. The molecule has 1 aromatic carbocycles. The van der Waals surface area contributed by atoms with Gasteiger partial charge in [0.1, 0.15) is 17.9 Å². The molecular formula is C22H29N3O4. The van der Waals surface area contributed by atoms with E-state index in [9.17, 15) is 14.4 Å². The second-order valence-electron chi connectivity index (χ2n) is 8.16. The molecule has 0 aromatic heterocycles. The molecule has 0 radical (unpaired) electrons. The third-order valence-electron chi connectivity index (χ3n) is 6.04. The van der Waals surface area contributed by atoms with Crippen molar-refractivity contribution >= 4 is 17.7 Å². The summed E-state index contributed by atoms with van der Waals surface area (Å²) in [5.74, 6) is 0.998. The van der Waals surface area contributed by atoms with Crippen LogP contribution in [0.1, 0.15) is 49.4 Å². The maximum absolute atomic E-state index is 13.0. The van der Waals surface area contributed by atoms with E-state index < -0.39 is 6.04 Å². The Morgan fingerprint density at radius 3 is 2.59 bits per heavy atom. The fraction of sp³-hybridized carbons (Fsp3) is 0.591. The lowest BCUT2D eigenvalue weighted by Crippen LogP contribution is -2.56. The first-order chi connectivity index (χ1) is 14.1. The molecule has 1 atom stereocenters. The Kier molecular flexibility index (Phi) is 5.74. The summed E-state index contributed by atoms with van der Waals surface area (Å²) < 4.78 is 6.12. The minimum Gasteiger partial charge on any atom is -0.490 e. The first-order valence-electron chi connectivity index (χ1n) is 10.7. The van der Waals surface area contributed by atoms with E-state index in [1.807, 2.05) is 24.0 Å². The summed E-state index contributed by atoms with van der Waals surface area (Å²) in [5, 5.41) is 2.82. The summed E-state index contributed by atoms with van der Waals surface area (Å²) >= 11 is 0. The molecule has 1 aliphatic carbocycles. The van der Waals surface area contributed by atoms with Crippen molar-refractivity contribution in [1.82, 2.24) is 15.1 Å². The number of piperazine rings is 1. The van der Waals surface area contributed by atoms with Gasteiger partial charge in [0.05, 0.1) is 0 Å². The van der Waals surface area contributed by atoms with Crippen LogP contribution in [0.25, 0.3) is 0 Å². The molecule has 1 aromatic rings. The first kappa shape index (κ1) is 19.7. The molecule has 0 bridgehead atoms. The van der Waals surface area contributed by atoms with Gasteiger partial charge in [-0.25, -0.2) is 0 Å². The van der Waals surface area contributed by atoms with Gasteiger partial charge in [0, 0.05) is 50.5 Å². The number of amides is 3. The Balaban J connectivity index is 1.37. The molecule has 1 unspecified atom stereocenters. The van der Waals surface area contributed by atoms with Gasteiger partial charge in [-0.05, 0) is 37.5 Å². The summed E-state index contributed by atoms with van der Waals surface area (Å²) in [5.41, 5.74) is 0.539. The van der Waals surface area contributed by atoms with Crippen LogP contribution in [-0.2, 0) is 9.59 Å². The Bertz CT molecular complexity index is 784. The Labute approximate surface area is 171 Å². The van der Waals surface area contributed by atoms with Crippen LogP contribution in [-0.4, -0.2) is 65.8 Å². The maximum atomic E-state index is 13.0. The monoisotopic (exact) mass is 399 g/mol. The molecule has 3 amide bonds. The van der Waals surface area contributed by atoms with Crippen molar-refractivity contribution in [2.24, 2.45) is 5.92 Å². The molecule has 3 fully saturated rings. The van der Waals surface area contributed by atoms with Gasteiger partial charge < -0.3 is 19.9 Å². The van der Waals surface area contributed by atoms with E-state index in [-0.39, 0.29) is 23.8 Å². The van der Waals surface area contributed by atoms with Crippen LogP contribution in [0.2, 0.25) is 0 Å². The van der Waals surface area contributed by atoms with E-state index in [1.54, 1.807) is 17.0 Å². The summed E-state index contributed by atoms with van der Waals surface area (Å²) in [7, 11) is 0. The molecule has 4 rings (SSSR count). The van der Waals surface area contributed by atoms with E-state index in [4.69, 9.17) is 4.74 Å². The zero-order valence-corrected chi connectivity index (χ0v) is 16.9. The fourth-order valence-corrected chi connectivity index (χ4v) is 4.21. The van der Waals surface area contributed by atoms with Crippen molar-refractivity contribution in [2.45, 2.75) is 51.2 Å². The number of nitrogens with one attached hydrogen (secondary N) is 1. The van der Waals surface area contributed by atoms with Crippen molar-refractivity contribution < 1.29 is 19.1 Å². The normalized spacial score (nSPS) is 22.9. The lowest BCUT2D eigenvalue weighted by atomic mass is 10.1. The molecule has 2 heterocycles. The van der Waals surface area contributed by atoms with Crippen molar-refractivity contribution in [3.8, 4) is 5.75 Å². The predicted octanol–water partition coefficient (Wildman–Crippen LogP) is 1.82. The Morgan fingerprint density at radius 1 is 1.14 bits per heavy atom. The Hall–Kier alpha value is -2.57. The standard InChI is InChI=1S/C22H29N3O4/c1-2-19-20(26)23-10-13-25(19)22(28)16-4-3-5-18(14-16)29-17-8-11-24(12-9-17)21(27)15-6-7-15/h3-5,14-15,17,19H,2,6-13H2,1H3,(H,23,26). The molecular weight excluding hydrogens is 370 g/mol. The summed E-state index contributed by atoms with van der Waals surface area (Å²) in [6.45, 7) is 4.38. The average Bonchev–Trinajstić information content (AvgIpc) is 3.59. The maximum Gasteiger partial charge on any atom is 0.254 e. The largest absolute Gasteiger partial charge is 0.490 e. The average molecular weight is 399 g/mol. The van der Waals surface area contributed by atoms with E-state index in [0.717, 1.165) is 38.8 Å². The topological polar surface area (TPSA) is 79.0 Å². The molecule has 156 valence electrons. The van der Waals surface area contributed by atoms with Crippen LogP contribution in [0.4, 0.5) is 0 Å². The third-order valence-corrected chi connectivity index (χ3v) is 6.04. The molecule has 1 saturated carbocycles. The van der Waals surface area contributed by atoms with E-state index in [2.05, 4.69) is 5.32 Å². The minimum absolute atomic E-state index is 0.0489. The first-order valence-corrected chi connectivity index (χ1v) is 10.7. The second-order valence-corrected chi connectivity index (χ2v) is 8.16. The van der Waals surface area contributed by atoms with Gasteiger partial charge in [0.15, 0.2) is 0 Å². The van der Waals surface area contributed by atoms with Gasteiger partial charge in [-0.15, -0.1) is 0 Å². The predicted molar refractivity (Wildman–Crippen MR) is 108 cm³/mol. The van der Waals surface area contributed by atoms with E-state index >= 15 is 0 Å². The van der Waals surface area contributed by atoms with Crippen molar-refractivity contribution in [3.63, 3.8) is 0 Å². The highest BCUT2D eigenvalue weighted by molar-refractivity contribution is 5.98. The highest BCUT2D eigenvalue weighted by Gasteiger charge is 2.35. The molecule has 0 spiro atoms. The number of carbonyl (C=O) groups is 3. The van der Waals surface area contributed by atoms with E-state index in [1.165, 1.54) is 0 Å². The molecule has 2 saturated heterocycles. The van der Waals surface area contributed by atoms with Crippen LogP contribution in [0.3, 0.4) is 0 Å². The van der Waals surface area contributed by atoms with Gasteiger partial charge in [0.25, 0.3) is 5.91 Å². The van der Waals surface area contributed by atoms with Gasteiger partial charge in [-0.1, -0.05) is 13.0 Å². The molecule has 29 heavy (non-hydrogen) atoms. The highest BCUT2D eigenvalue weighted by atomic mass is 16.5. The number of benzene rings is 1. The number of ether oxygens (including phenoxy) is 1. The molecule has 2 aliphatic heterocycles. The zero-order chi connectivity index (χ0) is 20.4. The number of rotatable bonds is 5. The van der Waals surface area contributed by atoms with Gasteiger partial charge in [0.2, 0.25) is 11.8 Å². The third kappa shape index (κ3) is 4.38. The lowest BCUT2D eigenvalue weighted by molar-refractivity contribution is -0.134. The minimum atomic E-state index is -0.422. The number of carbonyl (C=O) groups excluding carboxylic acids is 3. The molecule has 1 N–H and O–H groups in total. The van der Waals surface area contributed by atoms with Crippen molar-refractivity contribution in [3.05, 3.63) is 29.8 Å². The van der Waals surface area contributed by atoms with Crippen LogP contribution >= 0.6 is 0 Å². The number of likely N-dealkylation sites (tertiary alicyclic amines) is 1. The van der Waals surface area contributed by atoms with Crippen LogP contribution in [0.15, 0.2) is 24.3 Å². The highest BCUT2D eigenvalue weighted by Crippen LogP contribution is 2.32. The van der Waals surface area contributed by atoms with Gasteiger partial charge in [-0.3, -0.25) is 14.4 Å². The molecule has 3 aliphatic rings.